The van der Waals surface area contributed by atoms with Gasteiger partial charge in [0.05, 0.1) is 25.0 Å². The first-order valence-electron chi connectivity index (χ1n) is 8.02. The van der Waals surface area contributed by atoms with Crippen LogP contribution >= 0.6 is 0 Å². The van der Waals surface area contributed by atoms with Gasteiger partial charge < -0.3 is 9.47 Å². The lowest BCUT2D eigenvalue weighted by molar-refractivity contribution is -0.197. The number of ether oxygens (including phenoxy) is 2. The molecule has 21 heavy (non-hydrogen) atoms. The number of hydrogen-bond acceptors (Lipinski definition) is 5. The summed E-state index contributed by atoms with van der Waals surface area (Å²) in [4.78, 5) is 27.0. The van der Waals surface area contributed by atoms with Crippen molar-refractivity contribution in [3.63, 3.8) is 0 Å². The van der Waals surface area contributed by atoms with Gasteiger partial charge in [-0.1, -0.05) is 13.8 Å². The Bertz CT molecular complexity index is 401. The van der Waals surface area contributed by atoms with Crippen LogP contribution in [0.2, 0.25) is 0 Å². The third kappa shape index (κ3) is 2.80. The van der Waals surface area contributed by atoms with E-state index in [9.17, 15) is 9.59 Å². The quantitative estimate of drug-likeness (QED) is 0.725. The largest absolute Gasteiger partial charge is 0.466 e. The third-order valence-corrected chi connectivity index (χ3v) is 4.90. The molecule has 5 nitrogen and oxygen atoms in total. The van der Waals surface area contributed by atoms with Gasteiger partial charge in [-0.15, -0.1) is 0 Å². The van der Waals surface area contributed by atoms with E-state index < -0.39 is 11.8 Å². The molecule has 0 spiro atoms. The Hall–Kier alpha value is -1.10. The molecular formula is C16H27NO4. The molecule has 0 N–H and O–H groups in total. The molecule has 5 heteroatoms. The highest BCUT2D eigenvalue weighted by Crippen LogP contribution is 2.55. The van der Waals surface area contributed by atoms with Gasteiger partial charge in [0.15, 0.2) is 0 Å². The minimum absolute atomic E-state index is 0.0773. The van der Waals surface area contributed by atoms with E-state index in [0.29, 0.717) is 13.2 Å². The summed E-state index contributed by atoms with van der Waals surface area (Å²) in [6.45, 7) is 10.4. The molecule has 2 fully saturated rings. The summed E-state index contributed by atoms with van der Waals surface area (Å²) >= 11 is 0. The van der Waals surface area contributed by atoms with Crippen molar-refractivity contribution in [3.8, 4) is 0 Å². The van der Waals surface area contributed by atoms with Crippen molar-refractivity contribution in [2.24, 2.45) is 17.3 Å². The maximum Gasteiger partial charge on any atom is 0.311 e. The second-order valence-corrected chi connectivity index (χ2v) is 6.52. The summed E-state index contributed by atoms with van der Waals surface area (Å²) in [5, 5.41) is 0. The summed E-state index contributed by atoms with van der Waals surface area (Å²) in [6.07, 6.45) is 2.32. The molecule has 0 unspecified atom stereocenters. The van der Waals surface area contributed by atoms with Crippen LogP contribution in [0.25, 0.3) is 0 Å². The Balaban J connectivity index is 2.22. The van der Waals surface area contributed by atoms with Gasteiger partial charge in [0.25, 0.3) is 0 Å². The van der Waals surface area contributed by atoms with E-state index >= 15 is 0 Å². The molecule has 0 aromatic heterocycles. The monoisotopic (exact) mass is 297 g/mol. The summed E-state index contributed by atoms with van der Waals surface area (Å²) in [7, 11) is 0. The smallest absolute Gasteiger partial charge is 0.311 e. The highest BCUT2D eigenvalue weighted by atomic mass is 16.5. The van der Waals surface area contributed by atoms with Crippen LogP contribution in [0.1, 0.15) is 40.5 Å². The molecule has 1 aliphatic heterocycles. The average molecular weight is 297 g/mol. The van der Waals surface area contributed by atoms with Crippen LogP contribution < -0.4 is 0 Å². The van der Waals surface area contributed by atoms with Crippen LogP contribution in [-0.2, 0) is 19.1 Å². The van der Waals surface area contributed by atoms with Crippen molar-refractivity contribution in [1.29, 1.82) is 0 Å². The number of nitrogens with zero attached hydrogens (tertiary/aromatic N) is 1. The van der Waals surface area contributed by atoms with Crippen LogP contribution in [0.4, 0.5) is 0 Å². The topological polar surface area (TPSA) is 55.8 Å². The van der Waals surface area contributed by atoms with Crippen molar-refractivity contribution in [1.82, 2.24) is 4.90 Å². The van der Waals surface area contributed by atoms with Crippen LogP contribution in [-0.4, -0.2) is 49.2 Å². The van der Waals surface area contributed by atoms with E-state index in [1.54, 1.807) is 13.8 Å². The zero-order valence-corrected chi connectivity index (χ0v) is 13.6. The third-order valence-electron chi connectivity index (χ3n) is 4.90. The predicted molar refractivity (Wildman–Crippen MR) is 78.6 cm³/mol. The molecule has 3 atom stereocenters. The van der Waals surface area contributed by atoms with E-state index in [1.807, 2.05) is 0 Å². The maximum atomic E-state index is 12.3. The number of hydrogen-bond donors (Lipinski definition) is 0. The molecule has 2 aliphatic rings. The Morgan fingerprint density at radius 2 is 1.57 bits per heavy atom. The molecule has 0 aromatic rings. The molecular weight excluding hydrogens is 270 g/mol. The summed E-state index contributed by atoms with van der Waals surface area (Å²) < 4.78 is 10.4. The lowest BCUT2D eigenvalue weighted by atomic mass is 9.51. The standard InChI is InChI=1S/C16H27NO4/c1-5-20-14(18)11-12(15(19)21-6-2)16(3,4)13(11)17-9-7-8-10-17/h11-13H,5-10H2,1-4H3/t11-,12+,13+/m1/s1. The highest BCUT2D eigenvalue weighted by molar-refractivity contribution is 5.86. The van der Waals surface area contributed by atoms with E-state index in [2.05, 4.69) is 18.7 Å². The van der Waals surface area contributed by atoms with Crippen LogP contribution in [0, 0.1) is 17.3 Å². The number of carbonyl (C=O) groups is 2. The minimum atomic E-state index is -0.401. The maximum absolute atomic E-state index is 12.3. The van der Waals surface area contributed by atoms with Gasteiger partial charge in [0.1, 0.15) is 0 Å². The van der Waals surface area contributed by atoms with Gasteiger partial charge in [0, 0.05) is 6.04 Å². The summed E-state index contributed by atoms with van der Waals surface area (Å²) in [5.41, 5.74) is -0.256. The first-order chi connectivity index (χ1) is 9.95. The molecule has 2 rings (SSSR count). The lowest BCUT2D eigenvalue weighted by Gasteiger charge is -2.58. The normalized spacial score (nSPS) is 31.5. The molecule has 0 bridgehead atoms. The van der Waals surface area contributed by atoms with Crippen LogP contribution in [0.3, 0.4) is 0 Å². The Labute approximate surface area is 127 Å². The fourth-order valence-electron chi connectivity index (χ4n) is 4.08. The summed E-state index contributed by atoms with van der Waals surface area (Å²) in [5.74, 6) is -1.32. The molecule has 0 amide bonds. The predicted octanol–water partition coefficient (Wildman–Crippen LogP) is 1.85. The molecule has 120 valence electrons. The Morgan fingerprint density at radius 1 is 1.05 bits per heavy atom. The first-order valence-corrected chi connectivity index (χ1v) is 8.02. The molecule has 1 heterocycles. The van der Waals surface area contributed by atoms with Crippen molar-refractivity contribution in [3.05, 3.63) is 0 Å². The van der Waals surface area contributed by atoms with Crippen molar-refractivity contribution >= 4 is 11.9 Å². The van der Waals surface area contributed by atoms with Crippen LogP contribution in [0.5, 0.6) is 0 Å². The summed E-state index contributed by atoms with van der Waals surface area (Å²) in [6, 6.07) is 0.0773. The molecule has 0 radical (unpaired) electrons. The second kappa shape index (κ2) is 6.34. The number of carbonyl (C=O) groups excluding carboxylic acids is 2. The molecule has 1 saturated heterocycles. The van der Waals surface area contributed by atoms with Gasteiger partial charge in [-0.05, 0) is 45.2 Å². The average Bonchev–Trinajstić information content (AvgIpc) is 2.90. The minimum Gasteiger partial charge on any atom is -0.466 e. The zero-order valence-electron chi connectivity index (χ0n) is 13.6. The Morgan fingerprint density at radius 3 is 2.10 bits per heavy atom. The zero-order chi connectivity index (χ0) is 15.6. The number of likely N-dealkylation sites (tertiary alicyclic amines) is 1. The number of esters is 2. The first kappa shape index (κ1) is 16.3. The fraction of sp³-hybridized carbons (Fsp3) is 0.875. The molecule has 1 aliphatic carbocycles. The van der Waals surface area contributed by atoms with Crippen molar-refractivity contribution in [2.45, 2.75) is 46.6 Å². The van der Waals surface area contributed by atoms with Crippen molar-refractivity contribution < 1.29 is 19.1 Å². The SMILES string of the molecule is CCOC(=O)[C@@H]1[C@@H](C(=O)OCC)C(C)(C)[C@H]1N1CCCC1. The molecule has 1 saturated carbocycles. The van der Waals surface area contributed by atoms with E-state index in [-0.39, 0.29) is 23.4 Å². The fourth-order valence-corrected chi connectivity index (χ4v) is 4.08. The van der Waals surface area contributed by atoms with Gasteiger partial charge in [-0.3, -0.25) is 14.5 Å². The van der Waals surface area contributed by atoms with Gasteiger partial charge in [-0.2, -0.15) is 0 Å². The van der Waals surface area contributed by atoms with Gasteiger partial charge in [0.2, 0.25) is 0 Å². The van der Waals surface area contributed by atoms with Gasteiger partial charge >= 0.3 is 11.9 Å². The van der Waals surface area contributed by atoms with Crippen LogP contribution in [0.15, 0.2) is 0 Å². The lowest BCUT2D eigenvalue weighted by Crippen LogP contribution is -2.69. The molecule has 0 aromatic carbocycles. The second-order valence-electron chi connectivity index (χ2n) is 6.52. The van der Waals surface area contributed by atoms with E-state index in [1.165, 1.54) is 0 Å². The van der Waals surface area contributed by atoms with Gasteiger partial charge in [-0.25, -0.2) is 0 Å². The van der Waals surface area contributed by atoms with E-state index in [4.69, 9.17) is 9.47 Å². The number of rotatable bonds is 5. The highest BCUT2D eigenvalue weighted by Gasteiger charge is 2.65. The van der Waals surface area contributed by atoms with Crippen molar-refractivity contribution in [2.75, 3.05) is 26.3 Å². The van der Waals surface area contributed by atoms with E-state index in [0.717, 1.165) is 25.9 Å². The Kier molecular flexibility index (Phi) is 4.91.